The number of halogens is 1. The second kappa shape index (κ2) is 6.49. The van der Waals surface area contributed by atoms with Crippen LogP contribution in [-0.4, -0.2) is 40.5 Å². The fourth-order valence-electron chi connectivity index (χ4n) is 1.32. The zero-order valence-corrected chi connectivity index (χ0v) is 12.4. The minimum absolute atomic E-state index is 0.289. The monoisotopic (exact) mass is 320 g/mol. The van der Waals surface area contributed by atoms with E-state index in [4.69, 9.17) is 0 Å². The fraction of sp³-hybridized carbons (Fsp3) is 0.455. The van der Waals surface area contributed by atoms with E-state index in [9.17, 15) is 8.42 Å². The average Bonchev–Trinajstić information content (AvgIpc) is 2.24. The van der Waals surface area contributed by atoms with Crippen LogP contribution in [0.5, 0.6) is 0 Å². The molecule has 0 unspecified atom stereocenters. The summed E-state index contributed by atoms with van der Waals surface area (Å²) in [5.41, 5.74) is 0. The topological polar surface area (TPSA) is 49.4 Å². The van der Waals surface area contributed by atoms with Crippen molar-refractivity contribution in [1.82, 2.24) is 9.62 Å². The van der Waals surface area contributed by atoms with Crippen LogP contribution in [0.15, 0.2) is 33.6 Å². The fourth-order valence-corrected chi connectivity index (χ4v) is 2.99. The van der Waals surface area contributed by atoms with Gasteiger partial charge in [0, 0.05) is 11.0 Å². The summed E-state index contributed by atoms with van der Waals surface area (Å²) in [5, 5.41) is 0. The van der Waals surface area contributed by atoms with Gasteiger partial charge in [-0.2, -0.15) is 0 Å². The van der Waals surface area contributed by atoms with Gasteiger partial charge < -0.3 is 4.90 Å². The maximum atomic E-state index is 11.9. The van der Waals surface area contributed by atoms with Crippen LogP contribution >= 0.6 is 15.9 Å². The minimum atomic E-state index is -3.38. The van der Waals surface area contributed by atoms with Crippen molar-refractivity contribution in [2.45, 2.75) is 11.3 Å². The summed E-state index contributed by atoms with van der Waals surface area (Å²) >= 11 is 3.26. The Balaban J connectivity index is 2.57. The van der Waals surface area contributed by atoms with E-state index in [1.165, 1.54) is 0 Å². The van der Waals surface area contributed by atoms with Gasteiger partial charge in [-0.15, -0.1) is 0 Å². The van der Waals surface area contributed by atoms with Gasteiger partial charge in [0.25, 0.3) is 0 Å². The van der Waals surface area contributed by atoms with E-state index in [1.807, 2.05) is 19.0 Å². The first-order chi connectivity index (χ1) is 7.92. The predicted octanol–water partition coefficient (Wildman–Crippen LogP) is 1.68. The number of rotatable bonds is 6. The molecule has 1 N–H and O–H groups in total. The number of sulfonamides is 1. The van der Waals surface area contributed by atoms with Crippen molar-refractivity contribution >= 4 is 26.0 Å². The molecule has 0 saturated heterocycles. The molecule has 0 spiro atoms. The Bertz CT molecular complexity index is 460. The standard InChI is InChI=1S/C11H17BrN2O2S/c1-14(2)8-4-7-13-17(15,16)11-6-3-5-10(12)9-11/h3,5-6,9,13H,4,7-8H2,1-2H3. The van der Waals surface area contributed by atoms with E-state index < -0.39 is 10.0 Å². The zero-order chi connectivity index (χ0) is 12.9. The van der Waals surface area contributed by atoms with Crippen LogP contribution in [0, 0.1) is 0 Å². The molecule has 0 fully saturated rings. The van der Waals surface area contributed by atoms with Crippen LogP contribution in [0.1, 0.15) is 6.42 Å². The lowest BCUT2D eigenvalue weighted by atomic mass is 10.4. The number of benzene rings is 1. The summed E-state index contributed by atoms with van der Waals surface area (Å²) < 4.78 is 27.1. The van der Waals surface area contributed by atoms with Crippen LogP contribution in [0.2, 0.25) is 0 Å². The van der Waals surface area contributed by atoms with Crippen LogP contribution in [0.3, 0.4) is 0 Å². The maximum absolute atomic E-state index is 11.9. The van der Waals surface area contributed by atoms with Gasteiger partial charge >= 0.3 is 0 Å². The van der Waals surface area contributed by atoms with Crippen molar-refractivity contribution in [2.24, 2.45) is 0 Å². The zero-order valence-electron chi connectivity index (χ0n) is 9.98. The first kappa shape index (κ1) is 14.6. The largest absolute Gasteiger partial charge is 0.309 e. The number of hydrogen-bond donors (Lipinski definition) is 1. The molecule has 1 aromatic carbocycles. The molecule has 0 aliphatic carbocycles. The maximum Gasteiger partial charge on any atom is 0.240 e. The van der Waals surface area contributed by atoms with Gasteiger partial charge in [0.1, 0.15) is 0 Å². The van der Waals surface area contributed by atoms with Crippen molar-refractivity contribution in [1.29, 1.82) is 0 Å². The van der Waals surface area contributed by atoms with Crippen molar-refractivity contribution < 1.29 is 8.42 Å². The molecule has 0 aliphatic rings. The smallest absolute Gasteiger partial charge is 0.240 e. The molecule has 0 bridgehead atoms. The number of nitrogens with one attached hydrogen (secondary N) is 1. The normalized spacial score (nSPS) is 12.0. The Hall–Kier alpha value is -0.430. The molecule has 1 rings (SSSR count). The molecular weight excluding hydrogens is 304 g/mol. The van der Waals surface area contributed by atoms with Crippen molar-refractivity contribution in [3.8, 4) is 0 Å². The van der Waals surface area contributed by atoms with E-state index in [0.717, 1.165) is 17.4 Å². The molecule has 96 valence electrons. The molecule has 4 nitrogen and oxygen atoms in total. The van der Waals surface area contributed by atoms with Gasteiger partial charge in [0.05, 0.1) is 4.90 Å². The predicted molar refractivity (Wildman–Crippen MR) is 72.5 cm³/mol. The molecular formula is C11H17BrN2O2S. The van der Waals surface area contributed by atoms with Gasteiger partial charge in [-0.3, -0.25) is 0 Å². The third-order valence-corrected chi connectivity index (χ3v) is 4.13. The third kappa shape index (κ3) is 5.16. The molecule has 0 amide bonds. The molecule has 1 aromatic rings. The summed E-state index contributed by atoms with van der Waals surface area (Å²) in [6, 6.07) is 6.68. The van der Waals surface area contributed by atoms with Crippen LogP contribution < -0.4 is 4.72 Å². The van der Waals surface area contributed by atoms with Crippen molar-refractivity contribution in [3.05, 3.63) is 28.7 Å². The lowest BCUT2D eigenvalue weighted by Crippen LogP contribution is -2.27. The highest BCUT2D eigenvalue weighted by molar-refractivity contribution is 9.10. The van der Waals surface area contributed by atoms with Gasteiger partial charge in [0.15, 0.2) is 0 Å². The molecule has 0 atom stereocenters. The highest BCUT2D eigenvalue weighted by Gasteiger charge is 2.12. The summed E-state index contributed by atoms with van der Waals surface area (Å²) in [7, 11) is 0.543. The van der Waals surface area contributed by atoms with Crippen LogP contribution in [-0.2, 0) is 10.0 Å². The lowest BCUT2D eigenvalue weighted by Gasteiger charge is -2.10. The molecule has 0 radical (unpaired) electrons. The highest BCUT2D eigenvalue weighted by Crippen LogP contribution is 2.15. The van der Waals surface area contributed by atoms with E-state index in [2.05, 4.69) is 20.7 Å². The Kier molecular flexibility index (Phi) is 5.58. The Morgan fingerprint density at radius 2 is 2.06 bits per heavy atom. The van der Waals surface area contributed by atoms with Crippen LogP contribution in [0.4, 0.5) is 0 Å². The SMILES string of the molecule is CN(C)CCCNS(=O)(=O)c1cccc(Br)c1. The lowest BCUT2D eigenvalue weighted by molar-refractivity contribution is 0.400. The number of nitrogens with zero attached hydrogens (tertiary/aromatic N) is 1. The van der Waals surface area contributed by atoms with Gasteiger partial charge in [-0.1, -0.05) is 22.0 Å². The quantitative estimate of drug-likeness (QED) is 0.811. The minimum Gasteiger partial charge on any atom is -0.309 e. The van der Waals surface area contributed by atoms with Gasteiger partial charge in [-0.05, 0) is 45.3 Å². The second-order valence-electron chi connectivity index (χ2n) is 4.01. The Labute approximate surface area is 111 Å². The molecule has 0 saturated carbocycles. The van der Waals surface area contributed by atoms with E-state index in [0.29, 0.717) is 6.54 Å². The van der Waals surface area contributed by atoms with E-state index in [1.54, 1.807) is 24.3 Å². The van der Waals surface area contributed by atoms with Gasteiger partial charge in [-0.25, -0.2) is 13.1 Å². The second-order valence-corrected chi connectivity index (χ2v) is 6.69. The molecule has 0 aliphatic heterocycles. The third-order valence-electron chi connectivity index (χ3n) is 2.18. The van der Waals surface area contributed by atoms with E-state index in [-0.39, 0.29) is 4.90 Å². The molecule has 6 heteroatoms. The van der Waals surface area contributed by atoms with E-state index >= 15 is 0 Å². The van der Waals surface area contributed by atoms with Crippen molar-refractivity contribution in [3.63, 3.8) is 0 Å². The highest BCUT2D eigenvalue weighted by atomic mass is 79.9. The molecule has 0 heterocycles. The average molecular weight is 321 g/mol. The Morgan fingerprint density at radius 1 is 1.35 bits per heavy atom. The first-order valence-corrected chi connectivity index (χ1v) is 7.59. The summed E-state index contributed by atoms with van der Waals surface area (Å²) in [6.45, 7) is 1.31. The van der Waals surface area contributed by atoms with Crippen LogP contribution in [0.25, 0.3) is 0 Å². The van der Waals surface area contributed by atoms with Gasteiger partial charge in [0.2, 0.25) is 10.0 Å². The molecule has 0 aromatic heterocycles. The Morgan fingerprint density at radius 3 is 2.65 bits per heavy atom. The molecule has 17 heavy (non-hydrogen) atoms. The van der Waals surface area contributed by atoms with Crippen molar-refractivity contribution in [2.75, 3.05) is 27.2 Å². The summed E-state index contributed by atoms with van der Waals surface area (Å²) in [6.07, 6.45) is 0.792. The number of hydrogen-bond acceptors (Lipinski definition) is 3. The summed E-state index contributed by atoms with van der Waals surface area (Å²) in [5.74, 6) is 0. The first-order valence-electron chi connectivity index (χ1n) is 5.32. The summed E-state index contributed by atoms with van der Waals surface area (Å²) in [4.78, 5) is 2.31.